The molecule has 0 radical (unpaired) electrons. The molecular weight excluding hydrogens is 677 g/mol. The Hall–Kier alpha value is -6.64. The first-order chi connectivity index (χ1) is 27.1. The summed E-state index contributed by atoms with van der Waals surface area (Å²) in [4.78, 5) is 2.48. The molecule has 0 fully saturated rings. The summed E-state index contributed by atoms with van der Waals surface area (Å²) in [5, 5.41) is 1.96. The predicted molar refractivity (Wildman–Crippen MR) is 240 cm³/mol. The number of fused-ring (bicyclic) bond motifs is 6. The van der Waals surface area contributed by atoms with Crippen LogP contribution in [0.5, 0.6) is 0 Å². The van der Waals surface area contributed by atoms with Crippen LogP contribution in [0.4, 0.5) is 17.1 Å². The summed E-state index contributed by atoms with van der Waals surface area (Å²) in [7, 11) is 0. The second-order valence-corrected chi connectivity index (χ2v) is 16.0. The summed E-state index contributed by atoms with van der Waals surface area (Å²) in [6.07, 6.45) is 9.62. The molecule has 9 rings (SSSR count). The van der Waals surface area contributed by atoms with Crippen LogP contribution in [0.15, 0.2) is 171 Å². The van der Waals surface area contributed by atoms with Crippen LogP contribution in [0.3, 0.4) is 0 Å². The van der Waals surface area contributed by atoms with Gasteiger partial charge in [0.2, 0.25) is 0 Å². The molecule has 2 nitrogen and oxygen atoms in total. The molecule has 2 heteroatoms. The Kier molecular flexibility index (Phi) is 8.32. The summed E-state index contributed by atoms with van der Waals surface area (Å²) >= 11 is 0. The zero-order valence-corrected chi connectivity index (χ0v) is 32.7. The van der Waals surface area contributed by atoms with Gasteiger partial charge < -0.3 is 9.47 Å². The Morgan fingerprint density at radius 2 is 1.14 bits per heavy atom. The molecule has 2 aliphatic carbocycles. The van der Waals surface area contributed by atoms with Crippen molar-refractivity contribution in [3.05, 3.63) is 209 Å². The summed E-state index contributed by atoms with van der Waals surface area (Å²) in [5.41, 5.74) is 18.4. The average Bonchev–Trinajstić information content (AvgIpc) is 3.75. The van der Waals surface area contributed by atoms with Gasteiger partial charge in [-0.05, 0) is 122 Å². The zero-order valence-electron chi connectivity index (χ0n) is 32.7. The lowest BCUT2D eigenvalue weighted by molar-refractivity contribution is 0.658. The van der Waals surface area contributed by atoms with Gasteiger partial charge >= 0.3 is 0 Å². The van der Waals surface area contributed by atoms with E-state index in [9.17, 15) is 0 Å². The van der Waals surface area contributed by atoms with Crippen molar-refractivity contribution in [2.24, 2.45) is 0 Å². The van der Waals surface area contributed by atoms with Gasteiger partial charge in [0, 0.05) is 33.6 Å². The lowest BCUT2D eigenvalue weighted by atomic mass is 9.81. The van der Waals surface area contributed by atoms with Crippen LogP contribution >= 0.6 is 0 Å². The van der Waals surface area contributed by atoms with Crippen molar-refractivity contribution in [2.45, 2.75) is 38.5 Å². The topological polar surface area (TPSA) is 8.17 Å². The smallest absolute Gasteiger partial charge is 0.0528 e. The van der Waals surface area contributed by atoms with E-state index in [1.807, 2.05) is 18.2 Å². The average molecular weight is 723 g/mol. The lowest BCUT2D eigenvalue weighted by Gasteiger charge is -2.33. The van der Waals surface area contributed by atoms with E-state index >= 15 is 0 Å². The Morgan fingerprint density at radius 1 is 0.554 bits per heavy atom. The maximum atomic E-state index is 4.29. The van der Waals surface area contributed by atoms with Crippen LogP contribution in [0.25, 0.3) is 57.8 Å². The minimum Gasteiger partial charge on any atom is -0.310 e. The summed E-state index contributed by atoms with van der Waals surface area (Å²) in [6, 6.07) is 51.6. The molecular formula is C54H46N2. The van der Waals surface area contributed by atoms with Gasteiger partial charge in [-0.3, -0.25) is 0 Å². The van der Waals surface area contributed by atoms with Crippen LogP contribution < -0.4 is 15.5 Å². The third-order valence-corrected chi connectivity index (χ3v) is 12.0. The van der Waals surface area contributed by atoms with Gasteiger partial charge in [-0.1, -0.05) is 157 Å². The first-order valence-electron chi connectivity index (χ1n) is 19.4. The molecule has 1 heterocycles. The van der Waals surface area contributed by atoms with Crippen LogP contribution in [0, 0.1) is 0 Å². The maximum Gasteiger partial charge on any atom is 0.0528 e. The molecule has 56 heavy (non-hydrogen) atoms. The minimum absolute atomic E-state index is 0.110. The van der Waals surface area contributed by atoms with E-state index in [0.717, 1.165) is 44.5 Å². The molecule has 0 unspecified atom stereocenters. The summed E-state index contributed by atoms with van der Waals surface area (Å²) in [5.74, 6) is 0. The van der Waals surface area contributed by atoms with Crippen LogP contribution in [0.1, 0.15) is 55.6 Å². The van der Waals surface area contributed by atoms with Crippen molar-refractivity contribution in [2.75, 3.05) is 4.90 Å². The van der Waals surface area contributed by atoms with E-state index in [4.69, 9.17) is 0 Å². The normalized spacial score (nSPS) is 14.6. The molecule has 7 aromatic rings. The second-order valence-electron chi connectivity index (χ2n) is 16.0. The van der Waals surface area contributed by atoms with Crippen molar-refractivity contribution < 1.29 is 0 Å². The highest BCUT2D eigenvalue weighted by Crippen LogP contribution is 2.55. The molecule has 0 atom stereocenters. The SMILES string of the molecule is C=C/C=C\c1cc(=C)/c(=C\C=C)n1-c1ccc(-c2ccc(N(c3ccc4c(c3)C(C)(C)c3ccccc3-4)c3cccc4c3C(C)(C)c3ccccc3-4)cc2)cc1. The largest absolute Gasteiger partial charge is 0.310 e. The molecule has 1 aromatic heterocycles. The molecule has 0 aliphatic heterocycles. The quantitative estimate of drug-likeness (QED) is 0.142. The molecule has 272 valence electrons. The highest BCUT2D eigenvalue weighted by molar-refractivity contribution is 5.92. The fourth-order valence-corrected chi connectivity index (χ4v) is 9.34. The minimum atomic E-state index is -0.173. The molecule has 2 aliphatic rings. The van der Waals surface area contributed by atoms with E-state index in [-0.39, 0.29) is 10.8 Å². The van der Waals surface area contributed by atoms with Crippen LogP contribution in [-0.4, -0.2) is 4.57 Å². The van der Waals surface area contributed by atoms with E-state index < -0.39 is 0 Å². The Labute approximate surface area is 331 Å². The number of aromatic nitrogens is 1. The third-order valence-electron chi connectivity index (χ3n) is 12.0. The summed E-state index contributed by atoms with van der Waals surface area (Å²) in [6.45, 7) is 21.6. The van der Waals surface area contributed by atoms with Gasteiger partial charge in [0.15, 0.2) is 0 Å². The number of allylic oxidation sites excluding steroid dienone is 3. The fraction of sp³-hybridized carbons (Fsp3) is 0.111. The second kappa shape index (κ2) is 13.3. The molecule has 0 saturated carbocycles. The number of hydrogen-bond acceptors (Lipinski definition) is 1. The van der Waals surface area contributed by atoms with E-state index in [1.165, 1.54) is 50.2 Å². The Morgan fingerprint density at radius 3 is 1.82 bits per heavy atom. The zero-order chi connectivity index (χ0) is 38.8. The maximum absolute atomic E-state index is 4.29. The van der Waals surface area contributed by atoms with Gasteiger partial charge in [-0.2, -0.15) is 0 Å². The van der Waals surface area contributed by atoms with Gasteiger partial charge in [0.25, 0.3) is 0 Å². The highest BCUT2D eigenvalue weighted by Gasteiger charge is 2.40. The molecule has 6 aromatic carbocycles. The number of nitrogens with zero attached hydrogens (tertiary/aromatic N) is 2. The molecule has 0 spiro atoms. The monoisotopic (exact) mass is 722 g/mol. The van der Waals surface area contributed by atoms with E-state index in [0.29, 0.717) is 0 Å². The van der Waals surface area contributed by atoms with Crippen molar-refractivity contribution in [3.63, 3.8) is 0 Å². The van der Waals surface area contributed by atoms with Crippen LogP contribution in [-0.2, 0) is 10.8 Å². The van der Waals surface area contributed by atoms with Crippen molar-refractivity contribution in [1.82, 2.24) is 4.57 Å². The third kappa shape index (κ3) is 5.39. The Balaban J connectivity index is 1.16. The van der Waals surface area contributed by atoms with Gasteiger partial charge in [-0.15, -0.1) is 0 Å². The lowest BCUT2D eigenvalue weighted by Crippen LogP contribution is -2.27. The van der Waals surface area contributed by atoms with Crippen molar-refractivity contribution in [3.8, 4) is 39.1 Å². The van der Waals surface area contributed by atoms with E-state index in [2.05, 4.69) is 203 Å². The van der Waals surface area contributed by atoms with Gasteiger partial charge in [-0.25, -0.2) is 0 Å². The predicted octanol–water partition coefficient (Wildman–Crippen LogP) is 12.8. The van der Waals surface area contributed by atoms with Gasteiger partial charge in [0.1, 0.15) is 0 Å². The van der Waals surface area contributed by atoms with Crippen molar-refractivity contribution >= 4 is 35.8 Å². The Bertz CT molecular complexity index is 2840. The van der Waals surface area contributed by atoms with Gasteiger partial charge in [0.05, 0.1) is 11.0 Å². The standard InChI is InChI=1S/C54H46N2/c1-8-10-17-41-34-36(3)50(16-9-2)55(41)39-28-24-37(25-29-39)38-26-30-40(31-27-38)56(42-32-33-45-43-18-11-13-21-47(43)53(4,5)49(45)35-42)51-23-15-20-46-44-19-12-14-22-48(44)54(6,7)52(46)51/h8-35H,1-3H2,4-7H3/b17-10-,50-16+. The van der Waals surface area contributed by atoms with Crippen LogP contribution in [0.2, 0.25) is 0 Å². The number of rotatable bonds is 8. The molecule has 0 N–H and O–H groups in total. The molecule has 0 bridgehead atoms. The number of hydrogen-bond donors (Lipinski definition) is 0. The molecule has 0 amide bonds. The highest BCUT2D eigenvalue weighted by atomic mass is 15.1. The van der Waals surface area contributed by atoms with E-state index in [1.54, 1.807) is 6.08 Å². The fourth-order valence-electron chi connectivity index (χ4n) is 9.34. The molecule has 0 saturated heterocycles. The number of benzene rings is 6. The summed E-state index contributed by atoms with van der Waals surface area (Å²) < 4.78 is 2.21. The first kappa shape index (κ1) is 35.1. The first-order valence-corrected chi connectivity index (χ1v) is 19.4. The van der Waals surface area contributed by atoms with Crippen molar-refractivity contribution in [1.29, 1.82) is 0 Å². The number of anilines is 3.